The van der Waals surface area contributed by atoms with Crippen molar-refractivity contribution in [3.8, 4) is 0 Å². The first kappa shape index (κ1) is 13.6. The van der Waals surface area contributed by atoms with Crippen LogP contribution in [0.15, 0.2) is 0 Å². The van der Waals surface area contributed by atoms with Crippen molar-refractivity contribution < 1.29 is 23.1 Å². The van der Waals surface area contributed by atoms with Gasteiger partial charge in [0.25, 0.3) is 0 Å². The molecule has 0 aliphatic carbocycles. The van der Waals surface area contributed by atoms with Gasteiger partial charge in [-0.05, 0) is 12.2 Å². The van der Waals surface area contributed by atoms with Crippen molar-refractivity contribution in [1.29, 1.82) is 0 Å². The fourth-order valence-electron chi connectivity index (χ4n) is 0.656. The van der Waals surface area contributed by atoms with Crippen molar-refractivity contribution in [1.82, 2.24) is 0 Å². The zero-order chi connectivity index (χ0) is 11.2. The van der Waals surface area contributed by atoms with E-state index in [0.29, 0.717) is 0 Å². The minimum Gasteiger partial charge on any atom is -0.480 e. The van der Waals surface area contributed by atoms with Gasteiger partial charge in [0.05, 0.1) is 0 Å². The zero-order valence-corrected chi connectivity index (χ0v) is 8.20. The fourth-order valence-corrected chi connectivity index (χ4v) is 1.57. The maximum Gasteiger partial charge on any atom is 0.389 e. The van der Waals surface area contributed by atoms with E-state index in [0.717, 1.165) is 11.8 Å². The SMILES string of the molecule is N[C@@H](CSCCCC(F)(F)F)C(=O)O. The van der Waals surface area contributed by atoms with E-state index in [4.69, 9.17) is 10.8 Å². The van der Waals surface area contributed by atoms with E-state index in [9.17, 15) is 18.0 Å². The summed E-state index contributed by atoms with van der Waals surface area (Å²) in [4.78, 5) is 10.2. The Morgan fingerprint density at radius 2 is 2.07 bits per heavy atom. The Morgan fingerprint density at radius 1 is 1.50 bits per heavy atom. The monoisotopic (exact) mass is 231 g/mol. The number of hydrogen-bond acceptors (Lipinski definition) is 3. The Kier molecular flexibility index (Phi) is 5.94. The fraction of sp³-hybridized carbons (Fsp3) is 0.857. The number of carboxylic acids is 1. The molecular formula is C7H12F3NO2S. The van der Waals surface area contributed by atoms with Gasteiger partial charge in [0.1, 0.15) is 6.04 Å². The van der Waals surface area contributed by atoms with E-state index in [1.807, 2.05) is 0 Å². The van der Waals surface area contributed by atoms with Crippen molar-refractivity contribution in [2.24, 2.45) is 5.73 Å². The number of aliphatic carboxylic acids is 1. The highest BCUT2D eigenvalue weighted by Gasteiger charge is 2.25. The van der Waals surface area contributed by atoms with Gasteiger partial charge in [-0.2, -0.15) is 24.9 Å². The average molecular weight is 231 g/mol. The van der Waals surface area contributed by atoms with Gasteiger partial charge in [0.2, 0.25) is 0 Å². The predicted molar refractivity (Wildman–Crippen MR) is 48.2 cm³/mol. The number of hydrogen-bond donors (Lipinski definition) is 2. The summed E-state index contributed by atoms with van der Waals surface area (Å²) >= 11 is 1.12. The van der Waals surface area contributed by atoms with E-state index < -0.39 is 24.6 Å². The summed E-state index contributed by atoms with van der Waals surface area (Å²) in [5.74, 6) is -0.707. The number of rotatable bonds is 6. The lowest BCUT2D eigenvalue weighted by Gasteiger charge is -2.07. The molecule has 0 radical (unpaired) electrons. The van der Waals surface area contributed by atoms with Gasteiger partial charge >= 0.3 is 12.1 Å². The summed E-state index contributed by atoms with van der Waals surface area (Å²) in [7, 11) is 0. The highest BCUT2D eigenvalue weighted by molar-refractivity contribution is 7.99. The maximum atomic E-state index is 11.6. The van der Waals surface area contributed by atoms with Crippen LogP contribution in [0.25, 0.3) is 0 Å². The minimum absolute atomic E-state index is 0.000502. The Balaban J connectivity index is 3.35. The third-order valence-corrected chi connectivity index (χ3v) is 2.54. The smallest absolute Gasteiger partial charge is 0.389 e. The van der Waals surface area contributed by atoms with Gasteiger partial charge in [-0.15, -0.1) is 0 Å². The van der Waals surface area contributed by atoms with E-state index in [2.05, 4.69) is 0 Å². The second-order valence-electron chi connectivity index (χ2n) is 2.74. The molecule has 0 saturated carbocycles. The summed E-state index contributed by atoms with van der Waals surface area (Å²) < 4.78 is 34.9. The Bertz CT molecular complexity index is 186. The molecule has 3 N–H and O–H groups in total. The number of carbonyl (C=O) groups is 1. The van der Waals surface area contributed by atoms with Crippen LogP contribution in [0, 0.1) is 0 Å². The summed E-state index contributed by atoms with van der Waals surface area (Å²) in [6.45, 7) is 0. The number of nitrogens with two attached hydrogens (primary N) is 1. The third kappa shape index (κ3) is 8.18. The molecule has 0 bridgehead atoms. The summed E-state index contributed by atoms with van der Waals surface area (Å²) in [6, 6.07) is -0.995. The zero-order valence-electron chi connectivity index (χ0n) is 7.38. The topological polar surface area (TPSA) is 63.3 Å². The quantitative estimate of drug-likeness (QED) is 0.679. The highest BCUT2D eigenvalue weighted by atomic mass is 32.2. The number of halogens is 3. The molecule has 0 fully saturated rings. The molecule has 14 heavy (non-hydrogen) atoms. The molecule has 0 unspecified atom stereocenters. The third-order valence-electron chi connectivity index (χ3n) is 1.36. The summed E-state index contributed by atoms with van der Waals surface area (Å²) in [5, 5.41) is 8.35. The minimum atomic E-state index is -4.13. The molecule has 0 spiro atoms. The molecule has 0 aliphatic rings. The first-order chi connectivity index (χ1) is 6.33. The van der Waals surface area contributed by atoms with Crippen LogP contribution in [0.2, 0.25) is 0 Å². The standard InChI is InChI=1S/C7H12F3NO2S/c8-7(9,10)2-1-3-14-4-5(11)6(12)13/h5H,1-4,11H2,(H,12,13)/t5-/m0/s1. The van der Waals surface area contributed by atoms with Crippen molar-refractivity contribution in [2.75, 3.05) is 11.5 Å². The van der Waals surface area contributed by atoms with Crippen LogP contribution < -0.4 is 5.73 Å². The van der Waals surface area contributed by atoms with Crippen molar-refractivity contribution >= 4 is 17.7 Å². The Morgan fingerprint density at radius 3 is 2.50 bits per heavy atom. The first-order valence-corrected chi connectivity index (χ1v) is 5.11. The number of carboxylic acid groups (broad SMARTS) is 1. The Hall–Kier alpha value is -0.430. The molecule has 0 amide bonds. The van der Waals surface area contributed by atoms with E-state index >= 15 is 0 Å². The van der Waals surface area contributed by atoms with Gasteiger partial charge in [0, 0.05) is 12.2 Å². The predicted octanol–water partition coefficient (Wildman–Crippen LogP) is 1.47. The molecule has 0 saturated heterocycles. The normalized spacial score (nSPS) is 14.0. The van der Waals surface area contributed by atoms with E-state index in [1.54, 1.807) is 0 Å². The Labute approximate surface area is 83.8 Å². The van der Waals surface area contributed by atoms with Gasteiger partial charge in [-0.1, -0.05) is 0 Å². The van der Waals surface area contributed by atoms with E-state index in [1.165, 1.54) is 0 Å². The molecule has 84 valence electrons. The van der Waals surface area contributed by atoms with Gasteiger partial charge in [0.15, 0.2) is 0 Å². The molecule has 0 aromatic rings. The van der Waals surface area contributed by atoms with Gasteiger partial charge in [-0.3, -0.25) is 4.79 Å². The summed E-state index contributed by atoms with van der Waals surface area (Å²) in [6.07, 6.45) is -4.96. The highest BCUT2D eigenvalue weighted by Crippen LogP contribution is 2.22. The van der Waals surface area contributed by atoms with Crippen LogP contribution in [-0.4, -0.2) is 34.8 Å². The number of alkyl halides is 3. The molecule has 0 aromatic carbocycles. The van der Waals surface area contributed by atoms with Crippen molar-refractivity contribution in [3.63, 3.8) is 0 Å². The van der Waals surface area contributed by atoms with Crippen LogP contribution in [0.4, 0.5) is 13.2 Å². The molecule has 1 atom stereocenters. The van der Waals surface area contributed by atoms with Crippen LogP contribution in [0.5, 0.6) is 0 Å². The van der Waals surface area contributed by atoms with Crippen LogP contribution >= 0.6 is 11.8 Å². The molecule has 0 heterocycles. The van der Waals surface area contributed by atoms with Crippen LogP contribution in [0.3, 0.4) is 0 Å². The lowest BCUT2D eigenvalue weighted by atomic mass is 10.3. The molecule has 0 aliphatic heterocycles. The van der Waals surface area contributed by atoms with Crippen LogP contribution in [0.1, 0.15) is 12.8 Å². The molecule has 0 aromatic heterocycles. The van der Waals surface area contributed by atoms with Gasteiger partial charge in [-0.25, -0.2) is 0 Å². The van der Waals surface area contributed by atoms with Gasteiger partial charge < -0.3 is 10.8 Å². The maximum absolute atomic E-state index is 11.6. The molecular weight excluding hydrogens is 219 g/mol. The lowest BCUT2D eigenvalue weighted by molar-refractivity contribution is -0.138. The average Bonchev–Trinajstić information content (AvgIpc) is 2.01. The second kappa shape index (κ2) is 6.13. The van der Waals surface area contributed by atoms with E-state index in [-0.39, 0.29) is 17.9 Å². The summed E-state index contributed by atoms with van der Waals surface area (Å²) in [5.41, 5.74) is 5.14. The van der Waals surface area contributed by atoms with Crippen molar-refractivity contribution in [3.05, 3.63) is 0 Å². The number of thioether (sulfide) groups is 1. The molecule has 3 nitrogen and oxygen atoms in total. The van der Waals surface area contributed by atoms with Crippen molar-refractivity contribution in [2.45, 2.75) is 25.1 Å². The largest absolute Gasteiger partial charge is 0.480 e. The first-order valence-electron chi connectivity index (χ1n) is 3.96. The lowest BCUT2D eigenvalue weighted by Crippen LogP contribution is -2.32. The second-order valence-corrected chi connectivity index (χ2v) is 3.89. The molecule has 7 heteroatoms. The molecule has 0 rings (SSSR count). The van der Waals surface area contributed by atoms with Crippen LogP contribution in [-0.2, 0) is 4.79 Å².